The molecule has 0 bridgehead atoms. The Labute approximate surface area is 44.4 Å². The van der Waals surface area contributed by atoms with Crippen LogP contribution in [0.2, 0.25) is 0 Å². The Morgan fingerprint density at radius 1 is 1.88 bits per heavy atom. The average Bonchev–Trinajstić information content (AvgIpc) is 1.69. The number of isocyanates is 1. The number of hydrogen-bond acceptors (Lipinski definition) is 3. The molecule has 2 N–H and O–H groups in total. The molecular weight excluding hydrogens is 117 g/mol. The van der Waals surface area contributed by atoms with Crippen LogP contribution in [0.5, 0.6) is 0 Å². The van der Waals surface area contributed by atoms with E-state index in [-0.39, 0.29) is 0 Å². The van der Waals surface area contributed by atoms with E-state index in [1.165, 1.54) is 0 Å². The molecule has 0 heterocycles. The fourth-order valence-electron chi connectivity index (χ4n) is 0. The molecular formula is C3H4FNO3. The summed E-state index contributed by atoms with van der Waals surface area (Å²) >= 11 is 0. The first kappa shape index (κ1) is 9.91. The Morgan fingerprint density at radius 2 is 2.00 bits per heavy atom. The minimum Gasteiger partial charge on any atom is -0.479 e. The molecule has 0 aromatic heterocycles. The SMILES string of the molecule is N=C=O.O=C(O)CF. The molecule has 0 aliphatic rings. The van der Waals surface area contributed by atoms with E-state index >= 15 is 0 Å². The average molecular weight is 121 g/mol. The third-order valence-electron chi connectivity index (χ3n) is 0.114. The van der Waals surface area contributed by atoms with E-state index in [2.05, 4.69) is 0 Å². The number of rotatable bonds is 1. The molecule has 0 aliphatic carbocycles. The number of nitrogens with one attached hydrogen (secondary N) is 1. The van der Waals surface area contributed by atoms with E-state index in [0.29, 0.717) is 0 Å². The number of carboxylic acid groups (broad SMARTS) is 1. The third-order valence-corrected chi connectivity index (χ3v) is 0.114. The van der Waals surface area contributed by atoms with Crippen LogP contribution < -0.4 is 0 Å². The van der Waals surface area contributed by atoms with Gasteiger partial charge in [-0.15, -0.1) is 0 Å². The molecule has 0 saturated heterocycles. The smallest absolute Gasteiger partial charge is 0.335 e. The zero-order chi connectivity index (χ0) is 6.99. The highest BCUT2D eigenvalue weighted by molar-refractivity contribution is 5.67. The molecule has 0 aromatic carbocycles. The minimum atomic E-state index is -1.41. The highest BCUT2D eigenvalue weighted by Crippen LogP contribution is 1.60. The van der Waals surface area contributed by atoms with Gasteiger partial charge in [0.1, 0.15) is 0 Å². The number of alkyl halides is 1. The second-order valence-corrected chi connectivity index (χ2v) is 0.629. The van der Waals surface area contributed by atoms with Crippen molar-refractivity contribution >= 4 is 12.0 Å². The molecule has 0 spiro atoms. The monoisotopic (exact) mass is 121 g/mol. The van der Waals surface area contributed by atoms with Gasteiger partial charge in [0.25, 0.3) is 0 Å². The molecule has 0 unspecified atom stereocenters. The summed E-state index contributed by atoms with van der Waals surface area (Å²) in [5, 5.41) is 12.8. The summed E-state index contributed by atoms with van der Waals surface area (Å²) < 4.78 is 10.5. The van der Waals surface area contributed by atoms with Crippen molar-refractivity contribution in [1.82, 2.24) is 0 Å². The van der Waals surface area contributed by atoms with Gasteiger partial charge in [-0.3, -0.25) is 0 Å². The number of halogens is 1. The molecule has 0 amide bonds. The molecule has 0 saturated carbocycles. The number of hydrogen-bond donors (Lipinski definition) is 2. The van der Waals surface area contributed by atoms with E-state index in [9.17, 15) is 4.39 Å². The lowest BCUT2D eigenvalue weighted by atomic mass is 10.8. The van der Waals surface area contributed by atoms with E-state index in [4.69, 9.17) is 20.1 Å². The predicted octanol–water partition coefficient (Wildman–Crippen LogP) is -0.0585. The summed E-state index contributed by atoms with van der Waals surface area (Å²) in [7, 11) is 0. The Bertz CT molecular complexity index is 96.7. The Morgan fingerprint density at radius 3 is 2.00 bits per heavy atom. The molecule has 0 rings (SSSR count). The second kappa shape index (κ2) is 9.24. The number of carbonyl (C=O) groups excluding carboxylic acids is 1. The van der Waals surface area contributed by atoms with Crippen LogP contribution in [0.25, 0.3) is 0 Å². The van der Waals surface area contributed by atoms with E-state index in [1.807, 2.05) is 0 Å². The molecule has 5 heteroatoms. The van der Waals surface area contributed by atoms with Crippen LogP contribution in [0.15, 0.2) is 0 Å². The Balaban J connectivity index is 0. The maximum absolute atomic E-state index is 10.5. The summed E-state index contributed by atoms with van der Waals surface area (Å²) in [5.41, 5.74) is 0. The molecule has 8 heavy (non-hydrogen) atoms. The van der Waals surface area contributed by atoms with Crippen LogP contribution in [-0.2, 0) is 9.59 Å². The number of carboxylic acids is 1. The number of carbonyl (C=O) groups is 1. The lowest BCUT2D eigenvalue weighted by Gasteiger charge is -1.69. The molecule has 4 nitrogen and oxygen atoms in total. The van der Waals surface area contributed by atoms with Crippen LogP contribution in [0.3, 0.4) is 0 Å². The Kier molecular flexibility index (Phi) is 11.5. The van der Waals surface area contributed by atoms with Gasteiger partial charge >= 0.3 is 5.97 Å². The fourth-order valence-corrected chi connectivity index (χ4v) is 0. The summed E-state index contributed by atoms with van der Waals surface area (Å²) in [6, 6.07) is 0. The van der Waals surface area contributed by atoms with Crippen molar-refractivity contribution in [1.29, 1.82) is 5.41 Å². The quantitative estimate of drug-likeness (QED) is 0.376. The highest BCUT2D eigenvalue weighted by Gasteiger charge is 1.85. The molecule has 0 atom stereocenters. The van der Waals surface area contributed by atoms with Crippen molar-refractivity contribution in [3.05, 3.63) is 0 Å². The molecule has 0 aromatic rings. The van der Waals surface area contributed by atoms with Gasteiger partial charge in [0.05, 0.1) is 0 Å². The molecule has 0 fully saturated rings. The lowest BCUT2D eigenvalue weighted by Crippen LogP contribution is -1.93. The van der Waals surface area contributed by atoms with Crippen LogP contribution in [0.4, 0.5) is 4.39 Å². The first-order valence-electron chi connectivity index (χ1n) is 1.50. The first-order chi connectivity index (χ1) is 3.68. The van der Waals surface area contributed by atoms with Gasteiger partial charge < -0.3 is 5.11 Å². The van der Waals surface area contributed by atoms with Crippen LogP contribution in [-0.4, -0.2) is 23.8 Å². The largest absolute Gasteiger partial charge is 0.479 e. The highest BCUT2D eigenvalue weighted by atomic mass is 19.1. The summed E-state index contributed by atoms with van der Waals surface area (Å²) in [5.74, 6) is -1.41. The van der Waals surface area contributed by atoms with Gasteiger partial charge in [-0.25, -0.2) is 19.4 Å². The van der Waals surface area contributed by atoms with Gasteiger partial charge in [0.15, 0.2) is 6.67 Å². The zero-order valence-corrected chi connectivity index (χ0v) is 3.85. The van der Waals surface area contributed by atoms with Crippen LogP contribution in [0.1, 0.15) is 0 Å². The van der Waals surface area contributed by atoms with E-state index < -0.39 is 12.6 Å². The minimum absolute atomic E-state index is 0.750. The van der Waals surface area contributed by atoms with Crippen molar-refractivity contribution in [2.75, 3.05) is 6.67 Å². The third kappa shape index (κ3) is 112. The standard InChI is InChI=1S/C2H3FO2.CHNO/c3-1-2(4)5;2-1-3/h1H2,(H,4,5);2H. The summed E-state index contributed by atoms with van der Waals surface area (Å²) in [6.45, 7) is -1.28. The molecule has 46 valence electrons. The van der Waals surface area contributed by atoms with Crippen molar-refractivity contribution in [2.45, 2.75) is 0 Å². The normalized spacial score (nSPS) is 5.62. The van der Waals surface area contributed by atoms with Gasteiger partial charge in [0, 0.05) is 0 Å². The van der Waals surface area contributed by atoms with Crippen LogP contribution >= 0.6 is 0 Å². The summed E-state index contributed by atoms with van der Waals surface area (Å²) in [4.78, 5) is 17.3. The fraction of sp³-hybridized carbons (Fsp3) is 0.333. The first-order valence-corrected chi connectivity index (χ1v) is 1.50. The van der Waals surface area contributed by atoms with Crippen molar-refractivity contribution in [2.24, 2.45) is 0 Å². The van der Waals surface area contributed by atoms with Gasteiger partial charge in [-0.1, -0.05) is 0 Å². The lowest BCUT2D eigenvalue weighted by molar-refractivity contribution is -0.137. The maximum Gasteiger partial charge on any atom is 0.335 e. The second-order valence-electron chi connectivity index (χ2n) is 0.629. The summed E-state index contributed by atoms with van der Waals surface area (Å²) in [6.07, 6.45) is 0.750. The zero-order valence-electron chi connectivity index (χ0n) is 3.85. The maximum atomic E-state index is 10.5. The van der Waals surface area contributed by atoms with Gasteiger partial charge in [0.2, 0.25) is 6.08 Å². The van der Waals surface area contributed by atoms with Crippen LogP contribution in [0, 0.1) is 5.41 Å². The van der Waals surface area contributed by atoms with Gasteiger partial charge in [-0.05, 0) is 0 Å². The Hall–Kier alpha value is -1.22. The van der Waals surface area contributed by atoms with E-state index in [1.54, 1.807) is 0 Å². The van der Waals surface area contributed by atoms with Crippen molar-refractivity contribution in [3.63, 3.8) is 0 Å². The van der Waals surface area contributed by atoms with E-state index in [0.717, 1.165) is 6.08 Å². The van der Waals surface area contributed by atoms with Gasteiger partial charge in [-0.2, -0.15) is 0 Å². The van der Waals surface area contributed by atoms with Crippen molar-refractivity contribution in [3.8, 4) is 0 Å². The predicted molar refractivity (Wildman–Crippen MR) is 22.0 cm³/mol. The van der Waals surface area contributed by atoms with Crippen molar-refractivity contribution < 1.29 is 19.1 Å². The molecule has 0 radical (unpaired) electrons. The number of aliphatic carboxylic acids is 1. The molecule has 0 aliphatic heterocycles. The topological polar surface area (TPSA) is 78.2 Å².